The highest BCUT2D eigenvalue weighted by molar-refractivity contribution is 7.98. The smallest absolute Gasteiger partial charge is 0.351 e. The number of ether oxygens (including phenoxy) is 1. The van der Waals surface area contributed by atoms with Crippen molar-refractivity contribution < 1.29 is 14.9 Å². The normalized spacial score (nSPS) is 25.4. The number of hydrogen-bond donors (Lipinski definition) is 4. The number of nitrogens with zero attached hydrogens (tertiary/aromatic N) is 2. The molecule has 118 valence electrons. The summed E-state index contributed by atoms with van der Waals surface area (Å²) in [6.45, 7) is 0.266. The van der Waals surface area contributed by atoms with Crippen LogP contribution in [0.25, 0.3) is 0 Å². The Hall–Kier alpha value is -1.13. The van der Waals surface area contributed by atoms with Crippen LogP contribution in [0.15, 0.2) is 11.0 Å². The number of nitrogens with two attached hydrogens (primary N) is 2. The fourth-order valence-corrected chi connectivity index (χ4v) is 2.91. The number of aromatic nitrogens is 2. The average Bonchev–Trinajstić information content (AvgIpc) is 2.82. The summed E-state index contributed by atoms with van der Waals surface area (Å²) in [5.74, 6) is 1.57. The summed E-state index contributed by atoms with van der Waals surface area (Å²) in [5, 5.41) is 18.8. The summed E-state index contributed by atoms with van der Waals surface area (Å²) in [6.07, 6.45) is -0.303. The van der Waals surface area contributed by atoms with Gasteiger partial charge in [-0.25, -0.2) is 4.79 Å². The Morgan fingerprint density at radius 3 is 2.95 bits per heavy atom. The maximum absolute atomic E-state index is 11.9. The van der Waals surface area contributed by atoms with Crippen molar-refractivity contribution in [3.8, 4) is 0 Å². The summed E-state index contributed by atoms with van der Waals surface area (Å²) >= 11 is 1.59. The molecule has 2 heterocycles. The summed E-state index contributed by atoms with van der Waals surface area (Å²) in [5.41, 5.74) is 11.4. The minimum Gasteiger partial charge on any atom is -0.394 e. The van der Waals surface area contributed by atoms with E-state index in [-0.39, 0.29) is 18.8 Å². The fraction of sp³-hybridized carbons (Fsp3) is 0.667. The van der Waals surface area contributed by atoms with Crippen molar-refractivity contribution >= 4 is 17.6 Å². The molecule has 0 radical (unpaired) electrons. The predicted molar refractivity (Wildman–Crippen MR) is 79.7 cm³/mol. The number of rotatable bonds is 6. The standard InChI is InChI=1S/C12H20N4O4S/c13-1-2-21-6-7-4-16(12(19)15-11(7)14)10-3-8(18)9(5-17)20-10/h4,8-10,17-18H,1-3,5-6,13H2,(H2,14,15,19)/t8?,9-,10-/m1/s1. The highest BCUT2D eigenvalue weighted by atomic mass is 32.2. The number of nitrogen functional groups attached to an aromatic ring is 1. The SMILES string of the molecule is NCCSCc1cn([C@H]2CC(O)[C@@H](CO)O2)c(=O)nc1N. The quantitative estimate of drug-likeness (QED) is 0.473. The first-order valence-corrected chi connectivity index (χ1v) is 7.82. The van der Waals surface area contributed by atoms with Crippen LogP contribution < -0.4 is 17.2 Å². The van der Waals surface area contributed by atoms with Gasteiger partial charge in [0.2, 0.25) is 0 Å². The molecule has 0 aromatic carbocycles. The molecule has 2 rings (SSSR count). The zero-order chi connectivity index (χ0) is 15.4. The molecule has 0 amide bonds. The molecule has 1 aromatic rings. The largest absolute Gasteiger partial charge is 0.394 e. The first-order valence-electron chi connectivity index (χ1n) is 6.66. The molecule has 6 N–H and O–H groups in total. The summed E-state index contributed by atoms with van der Waals surface area (Å²) < 4.78 is 6.78. The molecule has 21 heavy (non-hydrogen) atoms. The van der Waals surface area contributed by atoms with Gasteiger partial charge in [0.25, 0.3) is 0 Å². The van der Waals surface area contributed by atoms with Gasteiger partial charge in [-0.15, -0.1) is 0 Å². The van der Waals surface area contributed by atoms with Crippen molar-refractivity contribution in [2.45, 2.75) is 30.6 Å². The fourth-order valence-electron chi connectivity index (χ4n) is 2.16. The molecular weight excluding hydrogens is 296 g/mol. The van der Waals surface area contributed by atoms with E-state index in [9.17, 15) is 9.90 Å². The number of aliphatic hydroxyl groups excluding tert-OH is 2. The van der Waals surface area contributed by atoms with Crippen LogP contribution in [0, 0.1) is 0 Å². The van der Waals surface area contributed by atoms with Gasteiger partial charge in [-0.2, -0.15) is 16.7 Å². The molecule has 1 saturated heterocycles. The van der Waals surface area contributed by atoms with Crippen LogP contribution in [0.1, 0.15) is 18.2 Å². The predicted octanol–water partition coefficient (Wildman–Crippen LogP) is -1.34. The van der Waals surface area contributed by atoms with Crippen molar-refractivity contribution in [1.29, 1.82) is 0 Å². The molecule has 0 bridgehead atoms. The second-order valence-corrected chi connectivity index (χ2v) is 5.90. The molecule has 1 unspecified atom stereocenters. The summed E-state index contributed by atoms with van der Waals surface area (Å²) in [4.78, 5) is 15.7. The van der Waals surface area contributed by atoms with Gasteiger partial charge in [0.1, 0.15) is 18.1 Å². The number of anilines is 1. The van der Waals surface area contributed by atoms with Crippen molar-refractivity contribution in [3.05, 3.63) is 22.2 Å². The van der Waals surface area contributed by atoms with Crippen LogP contribution in [0.2, 0.25) is 0 Å². The molecule has 8 nitrogen and oxygen atoms in total. The Morgan fingerprint density at radius 1 is 1.57 bits per heavy atom. The highest BCUT2D eigenvalue weighted by Crippen LogP contribution is 2.28. The van der Waals surface area contributed by atoms with E-state index in [0.717, 1.165) is 11.3 Å². The van der Waals surface area contributed by atoms with Crippen LogP contribution in [0.3, 0.4) is 0 Å². The topological polar surface area (TPSA) is 137 Å². The molecule has 0 spiro atoms. The van der Waals surface area contributed by atoms with E-state index in [1.165, 1.54) is 4.57 Å². The van der Waals surface area contributed by atoms with Crippen molar-refractivity contribution in [2.75, 3.05) is 24.6 Å². The maximum atomic E-state index is 11.9. The second kappa shape index (κ2) is 7.23. The highest BCUT2D eigenvalue weighted by Gasteiger charge is 2.35. The minimum absolute atomic E-state index is 0.193. The molecule has 0 aliphatic carbocycles. The Kier molecular flexibility index (Phi) is 5.59. The summed E-state index contributed by atoms with van der Waals surface area (Å²) in [6, 6.07) is 0. The monoisotopic (exact) mass is 316 g/mol. The zero-order valence-electron chi connectivity index (χ0n) is 11.5. The molecule has 1 aliphatic rings. The van der Waals surface area contributed by atoms with E-state index in [0.29, 0.717) is 12.3 Å². The van der Waals surface area contributed by atoms with E-state index in [4.69, 9.17) is 21.3 Å². The van der Waals surface area contributed by atoms with Gasteiger partial charge < -0.3 is 26.4 Å². The third kappa shape index (κ3) is 3.74. The van der Waals surface area contributed by atoms with Crippen LogP contribution in [0.5, 0.6) is 0 Å². The van der Waals surface area contributed by atoms with E-state index >= 15 is 0 Å². The Morgan fingerprint density at radius 2 is 2.33 bits per heavy atom. The van der Waals surface area contributed by atoms with Crippen LogP contribution in [-0.4, -0.2) is 50.9 Å². The van der Waals surface area contributed by atoms with Gasteiger partial charge in [-0.1, -0.05) is 0 Å². The van der Waals surface area contributed by atoms with Crippen LogP contribution >= 0.6 is 11.8 Å². The van der Waals surface area contributed by atoms with E-state index < -0.39 is 24.1 Å². The van der Waals surface area contributed by atoms with E-state index in [1.54, 1.807) is 18.0 Å². The van der Waals surface area contributed by atoms with Gasteiger partial charge in [-0.3, -0.25) is 4.57 Å². The van der Waals surface area contributed by atoms with E-state index in [2.05, 4.69) is 4.98 Å². The lowest BCUT2D eigenvalue weighted by atomic mass is 10.2. The van der Waals surface area contributed by atoms with Gasteiger partial charge in [0.05, 0.1) is 12.7 Å². The van der Waals surface area contributed by atoms with Gasteiger partial charge in [0.15, 0.2) is 0 Å². The first kappa shape index (κ1) is 16.2. The van der Waals surface area contributed by atoms with Gasteiger partial charge in [0, 0.05) is 36.2 Å². The molecule has 3 atom stereocenters. The minimum atomic E-state index is -0.806. The third-order valence-corrected chi connectivity index (χ3v) is 4.31. The van der Waals surface area contributed by atoms with Gasteiger partial charge >= 0.3 is 5.69 Å². The first-order chi connectivity index (χ1) is 10.1. The van der Waals surface area contributed by atoms with E-state index in [1.807, 2.05) is 0 Å². The lowest BCUT2D eigenvalue weighted by Gasteiger charge is -2.16. The van der Waals surface area contributed by atoms with Gasteiger partial charge in [-0.05, 0) is 0 Å². The lowest BCUT2D eigenvalue weighted by molar-refractivity contribution is -0.0459. The molecule has 9 heteroatoms. The molecule has 1 aromatic heterocycles. The number of aliphatic hydroxyl groups is 2. The van der Waals surface area contributed by atoms with Crippen molar-refractivity contribution in [1.82, 2.24) is 9.55 Å². The summed E-state index contributed by atoms with van der Waals surface area (Å²) in [7, 11) is 0. The van der Waals surface area contributed by atoms with Crippen molar-refractivity contribution in [3.63, 3.8) is 0 Å². The number of hydrogen-bond acceptors (Lipinski definition) is 8. The average molecular weight is 316 g/mol. The molecule has 0 saturated carbocycles. The third-order valence-electron chi connectivity index (χ3n) is 3.28. The molecular formula is C12H20N4O4S. The number of thioether (sulfide) groups is 1. The Bertz CT molecular complexity index is 538. The van der Waals surface area contributed by atoms with Crippen molar-refractivity contribution in [2.24, 2.45) is 5.73 Å². The molecule has 1 fully saturated rings. The lowest BCUT2D eigenvalue weighted by Crippen LogP contribution is -2.29. The molecule has 1 aliphatic heterocycles. The Balaban J connectivity index is 2.19. The Labute approximate surface area is 126 Å². The second-order valence-electron chi connectivity index (χ2n) is 4.80. The van der Waals surface area contributed by atoms with Crippen LogP contribution in [0.4, 0.5) is 5.82 Å². The maximum Gasteiger partial charge on any atom is 0.351 e. The van der Waals surface area contributed by atoms with Crippen LogP contribution in [-0.2, 0) is 10.5 Å². The zero-order valence-corrected chi connectivity index (χ0v) is 12.3.